The van der Waals surface area contributed by atoms with Gasteiger partial charge < -0.3 is 40.3 Å². The highest BCUT2D eigenvalue weighted by Gasteiger charge is 2.44. The van der Waals surface area contributed by atoms with Crippen molar-refractivity contribution in [2.24, 2.45) is 0 Å². The first kappa shape index (κ1) is 36.7. The molecule has 1 aliphatic rings. The largest absolute Gasteiger partial charge is 0.394 e. The Kier molecular flexibility index (Phi) is 21.3. The first-order valence-corrected chi connectivity index (χ1v) is 15.6. The Morgan fingerprint density at radius 1 is 0.825 bits per heavy atom. The molecule has 9 heteroatoms. The topological polar surface area (TPSA) is 149 Å². The molecule has 40 heavy (non-hydrogen) atoms. The fourth-order valence-electron chi connectivity index (χ4n) is 4.68. The molecule has 1 aliphatic heterocycles. The lowest BCUT2D eigenvalue weighted by atomic mass is 9.99. The summed E-state index contributed by atoms with van der Waals surface area (Å²) in [5, 5.41) is 52.9. The Morgan fingerprint density at radius 2 is 1.43 bits per heavy atom. The minimum atomic E-state index is -1.56. The van der Waals surface area contributed by atoms with E-state index in [0.717, 1.165) is 19.3 Å². The van der Waals surface area contributed by atoms with Gasteiger partial charge in [-0.15, -0.1) is 0 Å². The van der Waals surface area contributed by atoms with Gasteiger partial charge in [-0.05, 0) is 32.1 Å². The fraction of sp³-hybridized carbons (Fsp3) is 0.839. The van der Waals surface area contributed by atoms with Crippen LogP contribution in [0.4, 0.5) is 0 Å². The highest BCUT2D eigenvalue weighted by Crippen LogP contribution is 2.22. The van der Waals surface area contributed by atoms with Crippen LogP contribution in [-0.4, -0.2) is 87.5 Å². The third kappa shape index (κ3) is 15.6. The van der Waals surface area contributed by atoms with Crippen molar-refractivity contribution in [3.05, 3.63) is 24.3 Å². The number of aliphatic hydroxyl groups is 5. The van der Waals surface area contributed by atoms with E-state index >= 15 is 0 Å². The maximum atomic E-state index is 12.2. The molecule has 1 saturated heterocycles. The van der Waals surface area contributed by atoms with Gasteiger partial charge >= 0.3 is 0 Å². The standard InChI is InChI=1S/C31H57NO8/c1-3-5-6-7-8-9-10-11-12-13-14-15-16-17-18-19-21-25(34)24(32-27(35)20-4-2)23-39-31-30(38)29(37)28(36)26(22-33)40-31/h15-16,19,21,24-26,28-31,33-34,36-38H,3-14,17-18,20,22-23H2,1-2H3,(H,32,35)/b16-15+,21-19+. The van der Waals surface area contributed by atoms with Crippen LogP contribution in [0, 0.1) is 0 Å². The lowest BCUT2D eigenvalue weighted by Gasteiger charge is -2.40. The number of hydrogen-bond donors (Lipinski definition) is 6. The van der Waals surface area contributed by atoms with E-state index in [-0.39, 0.29) is 18.9 Å². The maximum Gasteiger partial charge on any atom is 0.220 e. The second kappa shape index (κ2) is 23.3. The monoisotopic (exact) mass is 571 g/mol. The summed E-state index contributed by atoms with van der Waals surface area (Å²) in [6.45, 7) is 3.35. The van der Waals surface area contributed by atoms with E-state index in [1.807, 2.05) is 13.0 Å². The molecule has 0 radical (unpaired) electrons. The third-order valence-electron chi connectivity index (χ3n) is 7.25. The Hall–Kier alpha value is -1.33. The summed E-state index contributed by atoms with van der Waals surface area (Å²) in [5.74, 6) is -0.243. The molecule has 7 atom stereocenters. The molecule has 1 amide bonds. The average molecular weight is 572 g/mol. The molecule has 7 unspecified atom stereocenters. The predicted octanol–water partition coefficient (Wildman–Crippen LogP) is 3.65. The Labute approximate surface area is 241 Å². The van der Waals surface area contributed by atoms with Gasteiger partial charge in [-0.3, -0.25) is 4.79 Å². The summed E-state index contributed by atoms with van der Waals surface area (Å²) < 4.78 is 10.9. The molecule has 1 rings (SSSR count). The number of nitrogens with one attached hydrogen (secondary N) is 1. The second-order valence-corrected chi connectivity index (χ2v) is 10.9. The number of ether oxygens (including phenoxy) is 2. The van der Waals surface area contributed by atoms with Gasteiger partial charge in [-0.2, -0.15) is 0 Å². The number of aliphatic hydroxyl groups excluding tert-OH is 5. The molecule has 0 bridgehead atoms. The van der Waals surface area contributed by atoms with E-state index in [4.69, 9.17) is 9.47 Å². The third-order valence-corrected chi connectivity index (χ3v) is 7.25. The zero-order valence-electron chi connectivity index (χ0n) is 24.8. The summed E-state index contributed by atoms with van der Waals surface area (Å²) in [4.78, 5) is 12.2. The van der Waals surface area contributed by atoms with Crippen molar-refractivity contribution in [2.45, 2.75) is 153 Å². The zero-order valence-corrected chi connectivity index (χ0v) is 24.8. The highest BCUT2D eigenvalue weighted by atomic mass is 16.7. The van der Waals surface area contributed by atoms with Crippen molar-refractivity contribution < 1.29 is 39.8 Å². The van der Waals surface area contributed by atoms with Crippen LogP contribution in [0.3, 0.4) is 0 Å². The summed E-state index contributed by atoms with van der Waals surface area (Å²) >= 11 is 0. The highest BCUT2D eigenvalue weighted by molar-refractivity contribution is 5.76. The molecule has 0 aliphatic carbocycles. The number of unbranched alkanes of at least 4 members (excludes halogenated alkanes) is 11. The van der Waals surface area contributed by atoms with E-state index in [9.17, 15) is 30.3 Å². The summed E-state index contributed by atoms with van der Waals surface area (Å²) in [6.07, 6.45) is 16.7. The number of carbonyl (C=O) groups is 1. The van der Waals surface area contributed by atoms with E-state index in [0.29, 0.717) is 6.42 Å². The van der Waals surface area contributed by atoms with Crippen molar-refractivity contribution >= 4 is 5.91 Å². The molecule has 1 heterocycles. The van der Waals surface area contributed by atoms with Crippen molar-refractivity contribution in [1.29, 1.82) is 0 Å². The van der Waals surface area contributed by atoms with Gasteiger partial charge in [0.1, 0.15) is 24.4 Å². The molecule has 0 aromatic rings. The van der Waals surface area contributed by atoms with Crippen molar-refractivity contribution in [1.82, 2.24) is 5.32 Å². The van der Waals surface area contributed by atoms with Crippen molar-refractivity contribution in [3.63, 3.8) is 0 Å². The van der Waals surface area contributed by atoms with Crippen LogP contribution in [0.2, 0.25) is 0 Å². The van der Waals surface area contributed by atoms with Gasteiger partial charge in [0.2, 0.25) is 5.91 Å². The second-order valence-electron chi connectivity index (χ2n) is 10.9. The minimum absolute atomic E-state index is 0.206. The zero-order chi connectivity index (χ0) is 29.6. The maximum absolute atomic E-state index is 12.2. The van der Waals surface area contributed by atoms with E-state index in [1.54, 1.807) is 6.08 Å². The molecule has 0 saturated carbocycles. The van der Waals surface area contributed by atoms with Crippen LogP contribution in [0.25, 0.3) is 0 Å². The van der Waals surface area contributed by atoms with Gasteiger partial charge in [0.25, 0.3) is 0 Å². The number of amides is 1. The van der Waals surface area contributed by atoms with Crippen molar-refractivity contribution in [3.8, 4) is 0 Å². The number of hydrogen-bond acceptors (Lipinski definition) is 8. The predicted molar refractivity (Wildman–Crippen MR) is 157 cm³/mol. The van der Waals surface area contributed by atoms with Gasteiger partial charge in [0.05, 0.1) is 25.4 Å². The SMILES string of the molecule is CCCCCCCCCCCC/C=C/CC/C=C/C(O)C(COC1OC(CO)C(O)C(O)C1O)NC(=O)CCC. The first-order chi connectivity index (χ1) is 19.3. The molecule has 0 aromatic carbocycles. The number of rotatable bonds is 23. The molecule has 1 fully saturated rings. The van der Waals surface area contributed by atoms with Gasteiger partial charge in [0, 0.05) is 6.42 Å². The Bertz CT molecular complexity index is 686. The van der Waals surface area contributed by atoms with Crippen LogP contribution >= 0.6 is 0 Å². The lowest BCUT2D eigenvalue weighted by molar-refractivity contribution is -0.302. The first-order valence-electron chi connectivity index (χ1n) is 15.6. The molecule has 6 N–H and O–H groups in total. The molecular formula is C31H57NO8. The van der Waals surface area contributed by atoms with Crippen LogP contribution in [0.1, 0.15) is 110 Å². The van der Waals surface area contributed by atoms with Crippen LogP contribution in [0.15, 0.2) is 24.3 Å². The Balaban J connectivity index is 2.36. The molecule has 9 nitrogen and oxygen atoms in total. The summed E-state index contributed by atoms with van der Waals surface area (Å²) in [7, 11) is 0. The molecule has 234 valence electrons. The van der Waals surface area contributed by atoms with E-state index < -0.39 is 49.5 Å². The van der Waals surface area contributed by atoms with Gasteiger partial charge in [-0.1, -0.05) is 95.9 Å². The quantitative estimate of drug-likeness (QED) is 0.0804. The minimum Gasteiger partial charge on any atom is -0.394 e. The van der Waals surface area contributed by atoms with E-state index in [2.05, 4.69) is 24.4 Å². The van der Waals surface area contributed by atoms with Gasteiger partial charge in [0.15, 0.2) is 6.29 Å². The Morgan fingerprint density at radius 3 is 2.05 bits per heavy atom. The lowest BCUT2D eigenvalue weighted by Crippen LogP contribution is -2.60. The summed E-state index contributed by atoms with van der Waals surface area (Å²) in [5.41, 5.74) is 0. The van der Waals surface area contributed by atoms with Crippen LogP contribution in [0.5, 0.6) is 0 Å². The van der Waals surface area contributed by atoms with Crippen molar-refractivity contribution in [2.75, 3.05) is 13.2 Å². The molecular weight excluding hydrogens is 514 g/mol. The number of carbonyl (C=O) groups excluding carboxylic acids is 1. The fourth-order valence-corrected chi connectivity index (χ4v) is 4.68. The average Bonchev–Trinajstić information content (AvgIpc) is 2.94. The molecule has 0 aromatic heterocycles. The number of allylic oxidation sites excluding steroid dienone is 3. The van der Waals surface area contributed by atoms with Gasteiger partial charge in [-0.25, -0.2) is 0 Å². The van der Waals surface area contributed by atoms with Crippen LogP contribution < -0.4 is 5.32 Å². The summed E-state index contributed by atoms with van der Waals surface area (Å²) in [6, 6.07) is -0.811. The van der Waals surface area contributed by atoms with E-state index in [1.165, 1.54) is 64.2 Å². The van der Waals surface area contributed by atoms with Crippen LogP contribution in [-0.2, 0) is 14.3 Å². The smallest absolute Gasteiger partial charge is 0.220 e. The molecule has 0 spiro atoms. The normalized spacial score (nSPS) is 25.0.